The second-order valence-electron chi connectivity index (χ2n) is 3.58. The van der Waals surface area contributed by atoms with Crippen LogP contribution >= 0.6 is 23.4 Å². The van der Waals surface area contributed by atoms with Crippen LogP contribution in [0.3, 0.4) is 0 Å². The van der Waals surface area contributed by atoms with Crippen LogP contribution in [0.15, 0.2) is 24.3 Å². The summed E-state index contributed by atoms with van der Waals surface area (Å²) in [4.78, 5) is 8.02. The molecule has 0 fully saturated rings. The van der Waals surface area contributed by atoms with E-state index in [4.69, 9.17) is 11.6 Å². The first-order valence-corrected chi connectivity index (χ1v) is 6.69. The standard InChI is InChI=1S/C11H9ClF3N3S/c12-10-17-8-4-2-1-3-7(8)9(18-10)16-5-6-19-11(13,14)15/h1-4H,5-6H2,(H,16,17,18). The highest BCUT2D eigenvalue weighted by Gasteiger charge is 2.27. The maximum absolute atomic E-state index is 12.0. The molecule has 0 saturated heterocycles. The topological polar surface area (TPSA) is 37.8 Å². The predicted molar refractivity (Wildman–Crippen MR) is 71.6 cm³/mol. The number of hydrogen-bond acceptors (Lipinski definition) is 4. The van der Waals surface area contributed by atoms with Crippen LogP contribution in [0.25, 0.3) is 10.9 Å². The molecule has 1 N–H and O–H groups in total. The van der Waals surface area contributed by atoms with E-state index in [-0.39, 0.29) is 29.3 Å². The molecule has 0 aliphatic rings. The first-order valence-electron chi connectivity index (χ1n) is 5.32. The van der Waals surface area contributed by atoms with Crippen molar-refractivity contribution in [3.63, 3.8) is 0 Å². The average molecular weight is 308 g/mol. The van der Waals surface area contributed by atoms with Gasteiger partial charge in [0.05, 0.1) is 5.52 Å². The fourth-order valence-electron chi connectivity index (χ4n) is 1.52. The Bertz CT molecular complexity index is 577. The summed E-state index contributed by atoms with van der Waals surface area (Å²) < 4.78 is 36.0. The van der Waals surface area contributed by atoms with Crippen molar-refractivity contribution in [1.29, 1.82) is 0 Å². The van der Waals surface area contributed by atoms with E-state index >= 15 is 0 Å². The molecule has 2 rings (SSSR count). The third-order valence-corrected chi connectivity index (χ3v) is 3.14. The van der Waals surface area contributed by atoms with Crippen LogP contribution in [-0.2, 0) is 0 Å². The zero-order valence-electron chi connectivity index (χ0n) is 9.54. The third-order valence-electron chi connectivity index (χ3n) is 2.24. The normalized spacial score (nSPS) is 11.8. The lowest BCUT2D eigenvalue weighted by atomic mass is 10.2. The minimum absolute atomic E-state index is 0.0599. The Hall–Kier alpha value is -1.21. The van der Waals surface area contributed by atoms with Crippen molar-refractivity contribution in [2.75, 3.05) is 17.6 Å². The number of aromatic nitrogens is 2. The number of para-hydroxylation sites is 1. The molecule has 0 radical (unpaired) electrons. The number of benzene rings is 1. The molecule has 102 valence electrons. The Morgan fingerprint density at radius 2 is 1.95 bits per heavy atom. The van der Waals surface area contributed by atoms with Gasteiger partial charge in [0, 0.05) is 17.7 Å². The molecule has 3 nitrogen and oxygen atoms in total. The van der Waals surface area contributed by atoms with E-state index in [2.05, 4.69) is 15.3 Å². The van der Waals surface area contributed by atoms with Crippen LogP contribution in [0.5, 0.6) is 0 Å². The number of thioether (sulfide) groups is 1. The van der Waals surface area contributed by atoms with Crippen molar-refractivity contribution in [3.05, 3.63) is 29.5 Å². The van der Waals surface area contributed by atoms with Crippen molar-refractivity contribution in [1.82, 2.24) is 9.97 Å². The van der Waals surface area contributed by atoms with Gasteiger partial charge in [0.2, 0.25) is 5.28 Å². The molecule has 2 aromatic rings. The minimum atomic E-state index is -4.22. The Kier molecular flexibility index (Phi) is 4.36. The molecule has 0 bridgehead atoms. The van der Waals surface area contributed by atoms with E-state index < -0.39 is 5.51 Å². The lowest BCUT2D eigenvalue weighted by Crippen LogP contribution is -2.10. The monoisotopic (exact) mass is 307 g/mol. The van der Waals surface area contributed by atoms with Crippen LogP contribution in [-0.4, -0.2) is 27.8 Å². The van der Waals surface area contributed by atoms with Crippen LogP contribution in [0.4, 0.5) is 19.0 Å². The van der Waals surface area contributed by atoms with Gasteiger partial charge in [-0.15, -0.1) is 0 Å². The predicted octanol–water partition coefficient (Wildman–Crippen LogP) is 3.95. The molecule has 8 heteroatoms. The summed E-state index contributed by atoms with van der Waals surface area (Å²) in [5.74, 6) is 0.345. The van der Waals surface area contributed by atoms with Crippen molar-refractivity contribution in [2.45, 2.75) is 5.51 Å². The van der Waals surface area contributed by atoms with Gasteiger partial charge < -0.3 is 5.32 Å². The van der Waals surface area contributed by atoms with Crippen molar-refractivity contribution >= 4 is 40.1 Å². The zero-order chi connectivity index (χ0) is 13.9. The summed E-state index contributed by atoms with van der Waals surface area (Å²) in [6, 6.07) is 7.15. The van der Waals surface area contributed by atoms with E-state index in [0.29, 0.717) is 11.3 Å². The highest BCUT2D eigenvalue weighted by atomic mass is 35.5. The van der Waals surface area contributed by atoms with E-state index in [9.17, 15) is 13.2 Å². The number of rotatable bonds is 4. The molecule has 0 saturated carbocycles. The van der Waals surface area contributed by atoms with Crippen LogP contribution < -0.4 is 5.32 Å². The highest BCUT2D eigenvalue weighted by Crippen LogP contribution is 2.30. The summed E-state index contributed by atoms with van der Waals surface area (Å²) in [5, 5.41) is 3.63. The molecule has 1 heterocycles. The maximum Gasteiger partial charge on any atom is 0.441 e. The van der Waals surface area contributed by atoms with E-state index in [0.717, 1.165) is 5.39 Å². The van der Waals surface area contributed by atoms with Gasteiger partial charge in [0.1, 0.15) is 5.82 Å². The summed E-state index contributed by atoms with van der Waals surface area (Å²) in [5.41, 5.74) is -3.57. The fraction of sp³-hybridized carbons (Fsp3) is 0.273. The van der Waals surface area contributed by atoms with Gasteiger partial charge in [-0.1, -0.05) is 12.1 Å². The Balaban J connectivity index is 2.08. The number of hydrogen-bond donors (Lipinski definition) is 1. The zero-order valence-corrected chi connectivity index (χ0v) is 11.1. The third kappa shape index (κ3) is 4.14. The van der Waals surface area contributed by atoms with Crippen LogP contribution in [0.2, 0.25) is 5.28 Å². The molecule has 19 heavy (non-hydrogen) atoms. The van der Waals surface area contributed by atoms with E-state index in [1.54, 1.807) is 24.3 Å². The van der Waals surface area contributed by atoms with Crippen molar-refractivity contribution in [3.8, 4) is 0 Å². The molecule has 0 unspecified atom stereocenters. The molecule has 0 aliphatic heterocycles. The van der Waals surface area contributed by atoms with E-state index in [1.165, 1.54) is 0 Å². The summed E-state index contributed by atoms with van der Waals surface area (Å²) in [6.07, 6.45) is 0. The van der Waals surface area contributed by atoms with Gasteiger partial charge in [-0.25, -0.2) is 9.97 Å². The lowest BCUT2D eigenvalue weighted by Gasteiger charge is -2.09. The first kappa shape index (κ1) is 14.2. The Labute approximate surface area is 116 Å². The molecule has 1 aromatic heterocycles. The van der Waals surface area contributed by atoms with Gasteiger partial charge in [-0.2, -0.15) is 13.2 Å². The Morgan fingerprint density at radius 1 is 1.21 bits per heavy atom. The van der Waals surface area contributed by atoms with Gasteiger partial charge in [-0.05, 0) is 35.5 Å². The molecule has 0 atom stereocenters. The second-order valence-corrected chi connectivity index (χ2v) is 5.08. The molecular formula is C11H9ClF3N3S. The number of anilines is 1. The largest absolute Gasteiger partial charge is 0.441 e. The fourth-order valence-corrected chi connectivity index (χ4v) is 2.13. The smallest absolute Gasteiger partial charge is 0.369 e. The first-order chi connectivity index (χ1) is 8.96. The van der Waals surface area contributed by atoms with Crippen LogP contribution in [0, 0.1) is 0 Å². The molecular weight excluding hydrogens is 299 g/mol. The van der Waals surface area contributed by atoms with Gasteiger partial charge in [-0.3, -0.25) is 0 Å². The molecule has 0 amide bonds. The summed E-state index contributed by atoms with van der Waals surface area (Å²) in [7, 11) is 0. The SMILES string of the molecule is FC(F)(F)SCCNc1nc(Cl)nc2ccccc12. The van der Waals surface area contributed by atoms with Crippen molar-refractivity contribution in [2.24, 2.45) is 0 Å². The molecule has 0 aliphatic carbocycles. The number of nitrogens with one attached hydrogen (secondary N) is 1. The second kappa shape index (κ2) is 5.83. The number of halogens is 4. The average Bonchev–Trinajstić information content (AvgIpc) is 2.33. The number of nitrogens with zero attached hydrogens (tertiary/aromatic N) is 2. The number of alkyl halides is 3. The molecule has 0 spiro atoms. The van der Waals surface area contributed by atoms with Gasteiger partial charge in [0.15, 0.2) is 0 Å². The Morgan fingerprint density at radius 3 is 2.68 bits per heavy atom. The summed E-state index contributed by atoms with van der Waals surface area (Å²) >= 11 is 5.69. The van der Waals surface area contributed by atoms with Gasteiger partial charge in [0.25, 0.3) is 0 Å². The quantitative estimate of drug-likeness (QED) is 0.685. The summed E-state index contributed by atoms with van der Waals surface area (Å²) in [6.45, 7) is 0.140. The van der Waals surface area contributed by atoms with Crippen LogP contribution in [0.1, 0.15) is 0 Å². The van der Waals surface area contributed by atoms with Crippen molar-refractivity contribution < 1.29 is 13.2 Å². The van der Waals surface area contributed by atoms with E-state index in [1.807, 2.05) is 0 Å². The van der Waals surface area contributed by atoms with Gasteiger partial charge >= 0.3 is 5.51 Å². The maximum atomic E-state index is 12.0. The molecule has 1 aromatic carbocycles. The minimum Gasteiger partial charge on any atom is -0.369 e. The number of fused-ring (bicyclic) bond motifs is 1. The highest BCUT2D eigenvalue weighted by molar-refractivity contribution is 8.00. The lowest BCUT2D eigenvalue weighted by molar-refractivity contribution is -0.0327.